The zero-order chi connectivity index (χ0) is 21.3. The van der Waals surface area contributed by atoms with E-state index >= 15 is 0 Å². The number of hydrogen-bond acceptors (Lipinski definition) is 3. The summed E-state index contributed by atoms with van der Waals surface area (Å²) in [6, 6.07) is 17.7. The molecule has 4 rings (SSSR count). The quantitative estimate of drug-likeness (QED) is 0.407. The molecule has 0 spiro atoms. The zero-order valence-electron chi connectivity index (χ0n) is 18.7. The standard InChI is InChI=1S/C26H35N5/c1-27-26(29-20-24-8-7-9-25(18-24)31-16-5-6-17-31)28-19-22-10-12-23(13-11-22)21-30-14-3-2-4-15-30/h5-13,18H,2-4,14-17,19-21H2,1H3,(H2,27,28,29). The van der Waals surface area contributed by atoms with E-state index in [4.69, 9.17) is 0 Å². The van der Waals surface area contributed by atoms with E-state index in [1.54, 1.807) is 0 Å². The van der Waals surface area contributed by atoms with Crippen LogP contribution in [0.1, 0.15) is 36.0 Å². The highest BCUT2D eigenvalue weighted by Gasteiger charge is 2.10. The summed E-state index contributed by atoms with van der Waals surface area (Å²) < 4.78 is 0. The number of hydrogen-bond donors (Lipinski definition) is 2. The molecular weight excluding hydrogens is 382 g/mol. The van der Waals surface area contributed by atoms with Gasteiger partial charge in [0.1, 0.15) is 0 Å². The van der Waals surface area contributed by atoms with Gasteiger partial charge >= 0.3 is 0 Å². The van der Waals surface area contributed by atoms with Crippen molar-refractivity contribution in [3.63, 3.8) is 0 Å². The highest BCUT2D eigenvalue weighted by molar-refractivity contribution is 5.79. The minimum atomic E-state index is 0.754. The Morgan fingerprint density at radius 2 is 1.52 bits per heavy atom. The summed E-state index contributed by atoms with van der Waals surface area (Å²) >= 11 is 0. The van der Waals surface area contributed by atoms with Crippen LogP contribution in [-0.4, -0.2) is 44.1 Å². The molecule has 31 heavy (non-hydrogen) atoms. The molecule has 0 aromatic heterocycles. The molecule has 2 aliphatic rings. The summed E-state index contributed by atoms with van der Waals surface area (Å²) in [5.74, 6) is 0.825. The van der Waals surface area contributed by atoms with Gasteiger partial charge in [-0.15, -0.1) is 0 Å². The van der Waals surface area contributed by atoms with Crippen LogP contribution >= 0.6 is 0 Å². The summed E-state index contributed by atoms with van der Waals surface area (Å²) in [4.78, 5) is 9.31. The van der Waals surface area contributed by atoms with Crippen molar-refractivity contribution in [1.29, 1.82) is 0 Å². The first-order valence-electron chi connectivity index (χ1n) is 11.5. The maximum atomic E-state index is 4.38. The Morgan fingerprint density at radius 1 is 0.839 bits per heavy atom. The van der Waals surface area contributed by atoms with Crippen LogP contribution in [0.25, 0.3) is 0 Å². The van der Waals surface area contributed by atoms with Gasteiger partial charge in [-0.1, -0.05) is 55.0 Å². The predicted molar refractivity (Wildman–Crippen MR) is 130 cm³/mol. The Labute approximate surface area is 186 Å². The first kappa shape index (κ1) is 21.4. The molecule has 0 amide bonds. The first-order chi connectivity index (χ1) is 15.3. The molecule has 5 nitrogen and oxygen atoms in total. The minimum Gasteiger partial charge on any atom is -0.364 e. The molecule has 0 radical (unpaired) electrons. The number of likely N-dealkylation sites (tertiary alicyclic amines) is 1. The van der Waals surface area contributed by atoms with E-state index in [2.05, 4.69) is 86.1 Å². The SMILES string of the molecule is CN=C(NCc1ccc(CN2CCCCC2)cc1)NCc1cccc(N2CC=CC2)c1. The smallest absolute Gasteiger partial charge is 0.191 e. The molecule has 0 aliphatic carbocycles. The molecule has 2 aliphatic heterocycles. The summed E-state index contributed by atoms with van der Waals surface area (Å²) in [6.45, 7) is 7.07. The lowest BCUT2D eigenvalue weighted by Gasteiger charge is -2.26. The lowest BCUT2D eigenvalue weighted by molar-refractivity contribution is 0.221. The van der Waals surface area contributed by atoms with Gasteiger partial charge in [0.05, 0.1) is 0 Å². The molecule has 1 saturated heterocycles. The summed E-state index contributed by atoms with van der Waals surface area (Å²) in [7, 11) is 1.82. The van der Waals surface area contributed by atoms with E-state index in [9.17, 15) is 0 Å². The molecule has 5 heteroatoms. The molecule has 2 aromatic rings. The maximum Gasteiger partial charge on any atom is 0.191 e. The molecule has 2 heterocycles. The number of benzene rings is 2. The largest absolute Gasteiger partial charge is 0.364 e. The third-order valence-corrected chi connectivity index (χ3v) is 6.12. The van der Waals surface area contributed by atoms with Crippen molar-refractivity contribution < 1.29 is 0 Å². The molecule has 1 fully saturated rings. The van der Waals surface area contributed by atoms with E-state index < -0.39 is 0 Å². The van der Waals surface area contributed by atoms with Crippen LogP contribution in [0.4, 0.5) is 5.69 Å². The summed E-state index contributed by atoms with van der Waals surface area (Å²) in [5, 5.41) is 6.87. The van der Waals surface area contributed by atoms with Crippen molar-refractivity contribution in [2.75, 3.05) is 38.1 Å². The van der Waals surface area contributed by atoms with Crippen LogP contribution in [0.15, 0.2) is 65.7 Å². The van der Waals surface area contributed by atoms with Gasteiger partial charge in [0, 0.05) is 45.5 Å². The van der Waals surface area contributed by atoms with Crippen LogP contribution in [0.2, 0.25) is 0 Å². The molecule has 0 saturated carbocycles. The Hall–Kier alpha value is -2.79. The molecule has 2 N–H and O–H groups in total. The first-order valence-corrected chi connectivity index (χ1v) is 11.5. The second-order valence-electron chi connectivity index (χ2n) is 8.48. The highest BCUT2D eigenvalue weighted by Crippen LogP contribution is 2.18. The van der Waals surface area contributed by atoms with E-state index in [0.717, 1.165) is 38.7 Å². The molecule has 164 valence electrons. The lowest BCUT2D eigenvalue weighted by atomic mass is 10.1. The molecule has 0 unspecified atom stereocenters. The van der Waals surface area contributed by atoms with Crippen LogP contribution in [0, 0.1) is 0 Å². The summed E-state index contributed by atoms with van der Waals surface area (Å²) in [5.41, 5.74) is 5.21. The third-order valence-electron chi connectivity index (χ3n) is 6.12. The fraction of sp³-hybridized carbons (Fsp3) is 0.423. The molecule has 2 aromatic carbocycles. The van der Waals surface area contributed by atoms with Gasteiger partial charge in [-0.2, -0.15) is 0 Å². The number of aliphatic imine (C=N–C) groups is 1. The van der Waals surface area contributed by atoms with Crippen LogP contribution in [-0.2, 0) is 19.6 Å². The van der Waals surface area contributed by atoms with Gasteiger partial charge in [-0.05, 0) is 54.8 Å². The highest BCUT2D eigenvalue weighted by atomic mass is 15.2. The van der Waals surface area contributed by atoms with Crippen LogP contribution in [0.3, 0.4) is 0 Å². The van der Waals surface area contributed by atoms with Crippen molar-refractivity contribution in [2.45, 2.75) is 38.9 Å². The monoisotopic (exact) mass is 417 g/mol. The number of anilines is 1. The molecular formula is C26H35N5. The second kappa shape index (κ2) is 11.0. The Bertz CT molecular complexity index is 873. The van der Waals surface area contributed by atoms with Crippen molar-refractivity contribution >= 4 is 11.6 Å². The van der Waals surface area contributed by atoms with Gasteiger partial charge in [-0.3, -0.25) is 9.89 Å². The Balaban J connectivity index is 1.23. The number of guanidine groups is 1. The topological polar surface area (TPSA) is 42.9 Å². The van der Waals surface area contributed by atoms with Crippen molar-refractivity contribution in [2.24, 2.45) is 4.99 Å². The number of nitrogens with zero attached hydrogens (tertiary/aromatic N) is 3. The Morgan fingerprint density at radius 3 is 2.23 bits per heavy atom. The number of nitrogens with one attached hydrogen (secondary N) is 2. The Kier molecular flexibility index (Phi) is 7.61. The van der Waals surface area contributed by atoms with Gasteiger partial charge in [0.2, 0.25) is 0 Å². The van der Waals surface area contributed by atoms with E-state index in [0.29, 0.717) is 0 Å². The van der Waals surface area contributed by atoms with Gasteiger partial charge in [0.15, 0.2) is 5.96 Å². The van der Waals surface area contributed by atoms with Crippen molar-refractivity contribution in [3.8, 4) is 0 Å². The number of rotatable bonds is 7. The fourth-order valence-electron chi connectivity index (χ4n) is 4.28. The van der Waals surface area contributed by atoms with Gasteiger partial charge in [0.25, 0.3) is 0 Å². The normalized spacial score (nSPS) is 17.2. The number of piperidine rings is 1. The maximum absolute atomic E-state index is 4.38. The minimum absolute atomic E-state index is 0.754. The average Bonchev–Trinajstić information content (AvgIpc) is 3.36. The van der Waals surface area contributed by atoms with E-state index in [-0.39, 0.29) is 0 Å². The molecule has 0 bridgehead atoms. The van der Waals surface area contributed by atoms with Gasteiger partial charge in [-0.25, -0.2) is 0 Å². The van der Waals surface area contributed by atoms with Crippen LogP contribution in [0.5, 0.6) is 0 Å². The molecule has 0 atom stereocenters. The van der Waals surface area contributed by atoms with Crippen LogP contribution < -0.4 is 15.5 Å². The third kappa shape index (κ3) is 6.34. The zero-order valence-corrected chi connectivity index (χ0v) is 18.7. The fourth-order valence-corrected chi connectivity index (χ4v) is 4.28. The average molecular weight is 418 g/mol. The lowest BCUT2D eigenvalue weighted by Crippen LogP contribution is -2.36. The van der Waals surface area contributed by atoms with Gasteiger partial charge < -0.3 is 15.5 Å². The van der Waals surface area contributed by atoms with Crippen molar-refractivity contribution in [3.05, 3.63) is 77.4 Å². The van der Waals surface area contributed by atoms with Crippen molar-refractivity contribution in [1.82, 2.24) is 15.5 Å². The predicted octanol–water partition coefficient (Wildman–Crippen LogP) is 3.91. The second-order valence-corrected chi connectivity index (χ2v) is 8.48. The van der Waals surface area contributed by atoms with E-state index in [1.165, 1.54) is 54.7 Å². The van der Waals surface area contributed by atoms with E-state index in [1.807, 2.05) is 7.05 Å². The summed E-state index contributed by atoms with van der Waals surface area (Å²) in [6.07, 6.45) is 8.51.